The maximum atomic E-state index is 13.0. The minimum Gasteiger partial charge on any atom is -0.683 e. The Hall–Kier alpha value is -0.660. The number of hydrogen-bond acceptors (Lipinski definition) is 6. The van der Waals surface area contributed by atoms with Gasteiger partial charge < -0.3 is 24.5 Å². The van der Waals surface area contributed by atoms with Gasteiger partial charge in [0, 0.05) is 6.42 Å². The Balaban J connectivity index is 3.55. The largest absolute Gasteiger partial charge is 0.683 e. The lowest BCUT2D eigenvalue weighted by Gasteiger charge is -2.47. The second kappa shape index (κ2) is 17.8. The van der Waals surface area contributed by atoms with Gasteiger partial charge in [-0.1, -0.05) is 78.4 Å². The molecule has 1 atom stereocenters. The topological polar surface area (TPSA) is 116 Å². The Labute approximate surface area is 186 Å². The van der Waals surface area contributed by atoms with Gasteiger partial charge in [0.15, 0.2) is 0 Å². The fourth-order valence-corrected chi connectivity index (χ4v) is 3.49. The molecule has 0 spiro atoms. The van der Waals surface area contributed by atoms with Crippen molar-refractivity contribution in [2.75, 3.05) is 6.61 Å². The van der Waals surface area contributed by atoms with Gasteiger partial charge in [0.25, 0.3) is 0 Å². The van der Waals surface area contributed by atoms with Gasteiger partial charge in [-0.25, -0.2) is 0 Å². The summed E-state index contributed by atoms with van der Waals surface area (Å²) in [5.41, 5.74) is -4.57. The van der Waals surface area contributed by atoms with Crippen LogP contribution >= 0.6 is 7.94 Å². The molecule has 6 nitrogen and oxygen atoms in total. The number of aliphatic hydroxyl groups excluding tert-OH is 1. The molecule has 0 rings (SSSR count). The van der Waals surface area contributed by atoms with Gasteiger partial charge in [-0.2, -0.15) is 8.78 Å². The SMILES string of the molecule is CCCCCCCC/C=C\CCCCCCCC(=O)OC[C@H](O)CC(F)(F)[P+]([O-])([O-])[O-]. The molecule has 1 N–H and O–H groups in total. The molecule has 0 fully saturated rings. The summed E-state index contributed by atoms with van der Waals surface area (Å²) in [7, 11) is -6.15. The van der Waals surface area contributed by atoms with Crippen LogP contribution in [0.1, 0.15) is 103 Å². The Morgan fingerprint density at radius 2 is 1.42 bits per heavy atom. The van der Waals surface area contributed by atoms with Crippen molar-refractivity contribution in [3.8, 4) is 0 Å². The first kappa shape index (κ1) is 30.3. The zero-order chi connectivity index (χ0) is 23.6. The number of esters is 1. The molecule has 31 heavy (non-hydrogen) atoms. The van der Waals surface area contributed by atoms with Crippen molar-refractivity contribution >= 4 is 13.9 Å². The molecule has 0 aromatic rings. The number of rotatable bonds is 20. The molecule has 9 heteroatoms. The monoisotopic (exact) mass is 468 g/mol. The molecular weight excluding hydrogens is 429 g/mol. The van der Waals surface area contributed by atoms with E-state index in [0.717, 1.165) is 38.5 Å². The van der Waals surface area contributed by atoms with Crippen LogP contribution in [0, 0.1) is 0 Å². The van der Waals surface area contributed by atoms with Gasteiger partial charge in [-0.3, -0.25) is 4.79 Å². The van der Waals surface area contributed by atoms with E-state index < -0.39 is 38.7 Å². The van der Waals surface area contributed by atoms with Crippen LogP contribution in [-0.2, 0) is 9.53 Å². The van der Waals surface area contributed by atoms with Gasteiger partial charge in [-0.05, 0) is 32.1 Å². The van der Waals surface area contributed by atoms with Crippen molar-refractivity contribution in [3.63, 3.8) is 0 Å². The summed E-state index contributed by atoms with van der Waals surface area (Å²) in [5, 5.41) is 9.34. The second-order valence-corrected chi connectivity index (χ2v) is 9.69. The Kier molecular flexibility index (Phi) is 17.5. The quantitative estimate of drug-likeness (QED) is 0.126. The van der Waals surface area contributed by atoms with Crippen LogP contribution < -0.4 is 14.7 Å². The maximum absolute atomic E-state index is 13.0. The van der Waals surface area contributed by atoms with Crippen LogP contribution in [0.15, 0.2) is 12.2 Å². The molecule has 0 aliphatic carbocycles. The van der Waals surface area contributed by atoms with E-state index in [0.29, 0.717) is 6.42 Å². The minimum absolute atomic E-state index is 0.100. The smallest absolute Gasteiger partial charge is 0.339 e. The van der Waals surface area contributed by atoms with E-state index in [1.807, 2.05) is 0 Å². The van der Waals surface area contributed by atoms with Crippen LogP contribution in [0.4, 0.5) is 8.78 Å². The normalized spacial score (nSPS) is 13.6. The lowest BCUT2D eigenvalue weighted by Crippen LogP contribution is -2.47. The summed E-state index contributed by atoms with van der Waals surface area (Å²) < 4.78 is 30.7. The van der Waals surface area contributed by atoms with Gasteiger partial charge in [0.1, 0.15) is 6.61 Å². The highest BCUT2D eigenvalue weighted by Crippen LogP contribution is 2.51. The van der Waals surface area contributed by atoms with E-state index in [1.165, 1.54) is 38.5 Å². The molecule has 0 aliphatic rings. The van der Waals surface area contributed by atoms with Gasteiger partial charge in [0.2, 0.25) is 0 Å². The van der Waals surface area contributed by atoms with Gasteiger partial charge in [0.05, 0.1) is 12.5 Å². The first-order chi connectivity index (χ1) is 14.6. The number of carbonyl (C=O) groups excluding carboxylic acids is 1. The van der Waals surface area contributed by atoms with E-state index in [2.05, 4.69) is 23.8 Å². The zero-order valence-corrected chi connectivity index (χ0v) is 19.6. The fourth-order valence-electron chi connectivity index (χ4n) is 3.06. The lowest BCUT2D eigenvalue weighted by atomic mass is 10.1. The summed E-state index contributed by atoms with van der Waals surface area (Å²) in [4.78, 5) is 42.7. The van der Waals surface area contributed by atoms with E-state index in [9.17, 15) is 33.4 Å². The van der Waals surface area contributed by atoms with E-state index in [1.54, 1.807) is 0 Å². The van der Waals surface area contributed by atoms with Crippen LogP contribution in [-0.4, -0.2) is 29.5 Å². The van der Waals surface area contributed by atoms with Crippen molar-refractivity contribution < 1.29 is 38.1 Å². The standard InChI is InChI=1S/C22H41F2O6P/c1-2-3-4-5-6-7-8-9-10-11-12-13-14-15-16-17-21(26)30-19-20(25)18-22(23,24)31(27,28)29/h9-10,20,25H,2-8,11-19H2,1H3,(H2,27,28,29)/p-2/b10-9-/t20-/m1/s1. The molecule has 0 aromatic heterocycles. The van der Waals surface area contributed by atoms with E-state index >= 15 is 0 Å². The molecule has 0 radical (unpaired) electrons. The highest BCUT2D eigenvalue weighted by molar-refractivity contribution is 7.55. The molecule has 0 bridgehead atoms. The Bertz CT molecular complexity index is 483. The third kappa shape index (κ3) is 17.6. The molecule has 184 valence electrons. The minimum atomic E-state index is -6.15. The first-order valence-electron chi connectivity index (χ1n) is 11.5. The summed E-state index contributed by atoms with van der Waals surface area (Å²) >= 11 is 0. The van der Waals surface area contributed by atoms with Crippen LogP contribution in [0.5, 0.6) is 0 Å². The predicted molar refractivity (Wildman–Crippen MR) is 113 cm³/mol. The molecule has 0 saturated heterocycles. The molecule has 0 amide bonds. The van der Waals surface area contributed by atoms with Crippen molar-refractivity contribution in [3.05, 3.63) is 12.2 Å². The third-order valence-corrected chi connectivity index (χ3v) is 5.95. The molecule has 0 saturated carbocycles. The second-order valence-electron chi connectivity index (χ2n) is 8.04. The summed E-state index contributed by atoms with van der Waals surface area (Å²) in [6.07, 6.45) is 15.7. The van der Waals surface area contributed by atoms with Crippen LogP contribution in [0.2, 0.25) is 0 Å². The molecule has 0 heterocycles. The van der Waals surface area contributed by atoms with Gasteiger partial charge >= 0.3 is 11.6 Å². The predicted octanol–water partition coefficient (Wildman–Crippen LogP) is 3.75. The van der Waals surface area contributed by atoms with Crippen molar-refractivity contribution in [1.29, 1.82) is 0 Å². The molecule has 0 unspecified atom stereocenters. The molecule has 0 aromatic carbocycles. The zero-order valence-electron chi connectivity index (χ0n) is 18.7. The highest BCUT2D eigenvalue weighted by Gasteiger charge is 2.41. The number of unbranched alkanes of at least 4 members (excludes halogenated alkanes) is 11. The summed E-state index contributed by atoms with van der Waals surface area (Å²) in [5.74, 6) is -0.646. The van der Waals surface area contributed by atoms with Crippen molar-refractivity contribution in [2.24, 2.45) is 0 Å². The highest BCUT2D eigenvalue weighted by atomic mass is 31.2. The van der Waals surface area contributed by atoms with E-state index in [-0.39, 0.29) is 6.42 Å². The van der Waals surface area contributed by atoms with Crippen molar-refractivity contribution in [1.82, 2.24) is 0 Å². The summed E-state index contributed by atoms with van der Waals surface area (Å²) in [6.45, 7) is 1.46. The summed E-state index contributed by atoms with van der Waals surface area (Å²) in [6, 6.07) is 0. The van der Waals surface area contributed by atoms with Crippen molar-refractivity contribution in [2.45, 2.75) is 115 Å². The lowest BCUT2D eigenvalue weighted by molar-refractivity contribution is -0.447. The molecular formula is C22H39F2O6P-2. The van der Waals surface area contributed by atoms with Crippen LogP contribution in [0.25, 0.3) is 0 Å². The number of carbonyl (C=O) groups is 1. The van der Waals surface area contributed by atoms with E-state index in [4.69, 9.17) is 0 Å². The van der Waals surface area contributed by atoms with Gasteiger partial charge in [-0.15, -0.1) is 0 Å². The maximum Gasteiger partial charge on any atom is 0.339 e. The number of allylic oxidation sites excluding steroid dienone is 2. The number of hydrogen-bond donors (Lipinski definition) is 1. The number of alkyl halides is 2. The van der Waals surface area contributed by atoms with Crippen LogP contribution in [0.3, 0.4) is 0 Å². The first-order valence-corrected chi connectivity index (χ1v) is 13.0. The number of halogens is 2. The molecule has 0 aliphatic heterocycles. The third-order valence-electron chi connectivity index (χ3n) is 4.96. The Morgan fingerprint density at radius 3 is 1.94 bits per heavy atom. The number of ether oxygens (including phenoxy) is 1. The number of aliphatic hydroxyl groups is 1. The Morgan fingerprint density at radius 1 is 0.935 bits per heavy atom. The fraction of sp³-hybridized carbons (Fsp3) is 0.864. The average Bonchev–Trinajstić information content (AvgIpc) is 2.68. The average molecular weight is 469 g/mol.